The van der Waals surface area contributed by atoms with Crippen molar-refractivity contribution in [1.29, 1.82) is 0 Å². The molecule has 0 heterocycles. The molecule has 3 N–H and O–H groups in total. The van der Waals surface area contributed by atoms with Crippen LogP contribution in [0.15, 0.2) is 12.2 Å². The first kappa shape index (κ1) is 15.0. The van der Waals surface area contributed by atoms with E-state index in [1.54, 1.807) is 6.92 Å². The molecule has 4 heteroatoms. The Balaban J connectivity index is 2.33. The van der Waals surface area contributed by atoms with E-state index in [9.17, 15) is 10.2 Å². The Morgan fingerprint density at radius 1 is 1.32 bits per heavy atom. The number of aliphatic hydroxyl groups is 2. The molecule has 0 radical (unpaired) electrons. The summed E-state index contributed by atoms with van der Waals surface area (Å²) in [6.45, 7) is 5.57. The number of rotatable bonds is 3. The molecule has 0 bridgehead atoms. The standard InChI is InChI=1S/C15H26O4/c1-11-4-5-12(14(3,17)10-16)15(11)8-6-13(2,19-18)7-9-15/h6,8,11-12,16-18H,4-5,7,9-10H2,1-3H3/t11-,12+,13-,14+,15-/m0/s1. The Hall–Kier alpha value is -0.420. The Bertz CT molecular complexity index is 365. The van der Waals surface area contributed by atoms with E-state index in [0.29, 0.717) is 5.92 Å². The molecule has 1 spiro atoms. The van der Waals surface area contributed by atoms with Crippen LogP contribution >= 0.6 is 0 Å². The van der Waals surface area contributed by atoms with Crippen LogP contribution in [0.5, 0.6) is 0 Å². The molecule has 0 aliphatic heterocycles. The SMILES string of the molecule is C[C@H]1CC[C@H]([C@](C)(O)CO)[C@]12C=C[C@](C)(OO)CC2. The summed E-state index contributed by atoms with van der Waals surface area (Å²) in [6.07, 6.45) is 7.60. The molecule has 0 amide bonds. The summed E-state index contributed by atoms with van der Waals surface area (Å²) < 4.78 is 0. The number of aliphatic hydroxyl groups excluding tert-OH is 1. The summed E-state index contributed by atoms with van der Waals surface area (Å²) in [5, 5.41) is 28.9. The highest BCUT2D eigenvalue weighted by molar-refractivity contribution is 5.19. The van der Waals surface area contributed by atoms with Crippen molar-refractivity contribution in [3.8, 4) is 0 Å². The maximum absolute atomic E-state index is 10.5. The predicted octanol–water partition coefficient (Wildman–Crippen LogP) is 2.36. The van der Waals surface area contributed by atoms with Gasteiger partial charge in [0.25, 0.3) is 0 Å². The van der Waals surface area contributed by atoms with Gasteiger partial charge in [-0.3, -0.25) is 5.26 Å². The molecule has 19 heavy (non-hydrogen) atoms. The van der Waals surface area contributed by atoms with Crippen LogP contribution in [0.3, 0.4) is 0 Å². The zero-order valence-corrected chi connectivity index (χ0v) is 12.1. The molecule has 110 valence electrons. The number of hydrogen-bond donors (Lipinski definition) is 3. The van der Waals surface area contributed by atoms with Gasteiger partial charge in [0, 0.05) is 0 Å². The third kappa shape index (κ3) is 2.35. The maximum atomic E-state index is 10.5. The van der Waals surface area contributed by atoms with Gasteiger partial charge in [-0.2, -0.15) is 0 Å². The van der Waals surface area contributed by atoms with Crippen molar-refractivity contribution >= 4 is 0 Å². The van der Waals surface area contributed by atoms with Crippen molar-refractivity contribution < 1.29 is 20.4 Å². The lowest BCUT2D eigenvalue weighted by atomic mass is 9.61. The van der Waals surface area contributed by atoms with Gasteiger partial charge in [0.15, 0.2) is 0 Å². The van der Waals surface area contributed by atoms with Gasteiger partial charge >= 0.3 is 0 Å². The molecule has 2 rings (SSSR count). The highest BCUT2D eigenvalue weighted by Crippen LogP contribution is 2.58. The van der Waals surface area contributed by atoms with Crippen LogP contribution in [0.2, 0.25) is 0 Å². The molecule has 0 saturated heterocycles. The smallest absolute Gasteiger partial charge is 0.119 e. The van der Waals surface area contributed by atoms with Crippen LogP contribution in [-0.2, 0) is 4.89 Å². The molecule has 0 aromatic rings. The molecule has 1 saturated carbocycles. The zero-order chi connectivity index (χ0) is 14.3. The second-order valence-corrected chi connectivity index (χ2v) is 6.90. The van der Waals surface area contributed by atoms with Crippen molar-refractivity contribution in [3.63, 3.8) is 0 Å². The lowest BCUT2D eigenvalue weighted by molar-refractivity contribution is -0.307. The second kappa shape index (κ2) is 4.85. The van der Waals surface area contributed by atoms with E-state index in [1.165, 1.54) is 0 Å². The van der Waals surface area contributed by atoms with E-state index in [0.717, 1.165) is 25.7 Å². The molecule has 1 fully saturated rings. The first-order valence-corrected chi connectivity index (χ1v) is 7.16. The number of allylic oxidation sites excluding steroid dienone is 1. The van der Waals surface area contributed by atoms with Gasteiger partial charge in [0.1, 0.15) is 5.60 Å². The average Bonchev–Trinajstić information content (AvgIpc) is 2.72. The van der Waals surface area contributed by atoms with Gasteiger partial charge in [0.2, 0.25) is 0 Å². The van der Waals surface area contributed by atoms with E-state index in [-0.39, 0.29) is 17.9 Å². The van der Waals surface area contributed by atoms with Gasteiger partial charge in [-0.25, -0.2) is 4.89 Å². The van der Waals surface area contributed by atoms with Crippen LogP contribution in [-0.4, -0.2) is 33.3 Å². The summed E-state index contributed by atoms with van der Waals surface area (Å²) >= 11 is 0. The quantitative estimate of drug-likeness (QED) is 0.418. The largest absolute Gasteiger partial charge is 0.393 e. The van der Waals surface area contributed by atoms with E-state index in [4.69, 9.17) is 5.26 Å². The molecule has 4 nitrogen and oxygen atoms in total. The van der Waals surface area contributed by atoms with E-state index >= 15 is 0 Å². The Labute approximate surface area is 115 Å². The second-order valence-electron chi connectivity index (χ2n) is 6.90. The fourth-order valence-corrected chi connectivity index (χ4v) is 4.04. The van der Waals surface area contributed by atoms with Crippen LogP contribution < -0.4 is 0 Å². The molecule has 5 atom stereocenters. The third-order valence-corrected chi connectivity index (χ3v) is 5.53. The molecule has 0 unspecified atom stereocenters. The third-order valence-electron chi connectivity index (χ3n) is 5.53. The van der Waals surface area contributed by atoms with Crippen LogP contribution in [0.25, 0.3) is 0 Å². The minimum Gasteiger partial charge on any atom is -0.393 e. The average molecular weight is 270 g/mol. The molecule has 2 aliphatic carbocycles. The molecule has 0 aromatic carbocycles. The van der Waals surface area contributed by atoms with Crippen LogP contribution in [0.4, 0.5) is 0 Å². The number of hydrogen-bond acceptors (Lipinski definition) is 4. The summed E-state index contributed by atoms with van der Waals surface area (Å²) in [4.78, 5) is 4.57. The van der Waals surface area contributed by atoms with Gasteiger partial charge in [-0.15, -0.1) is 0 Å². The van der Waals surface area contributed by atoms with Crippen molar-refractivity contribution in [2.75, 3.05) is 6.61 Å². The van der Waals surface area contributed by atoms with Gasteiger partial charge in [-0.05, 0) is 56.8 Å². The summed E-state index contributed by atoms with van der Waals surface area (Å²) in [6, 6.07) is 0. The van der Waals surface area contributed by atoms with Gasteiger partial charge < -0.3 is 10.2 Å². The van der Waals surface area contributed by atoms with Crippen molar-refractivity contribution in [1.82, 2.24) is 0 Å². The highest BCUT2D eigenvalue weighted by atomic mass is 17.1. The van der Waals surface area contributed by atoms with Crippen LogP contribution in [0, 0.1) is 17.3 Å². The molecule has 0 aromatic heterocycles. The van der Waals surface area contributed by atoms with E-state index in [1.807, 2.05) is 13.0 Å². The Kier molecular flexibility index (Phi) is 3.82. The first-order chi connectivity index (χ1) is 8.80. The normalized spacial score (nSPS) is 45.6. The Morgan fingerprint density at radius 3 is 2.47 bits per heavy atom. The summed E-state index contributed by atoms with van der Waals surface area (Å²) in [5.74, 6) is 0.523. The monoisotopic (exact) mass is 270 g/mol. The summed E-state index contributed by atoms with van der Waals surface area (Å²) in [5.41, 5.74) is -1.77. The van der Waals surface area contributed by atoms with Gasteiger partial charge in [-0.1, -0.05) is 19.1 Å². The molecular weight excluding hydrogens is 244 g/mol. The van der Waals surface area contributed by atoms with E-state index in [2.05, 4.69) is 17.9 Å². The van der Waals surface area contributed by atoms with Crippen molar-refractivity contribution in [2.24, 2.45) is 17.3 Å². The first-order valence-electron chi connectivity index (χ1n) is 7.16. The Morgan fingerprint density at radius 2 is 2.00 bits per heavy atom. The van der Waals surface area contributed by atoms with Crippen molar-refractivity contribution in [2.45, 2.75) is 57.7 Å². The molecule has 2 aliphatic rings. The topological polar surface area (TPSA) is 69.9 Å². The van der Waals surface area contributed by atoms with Crippen molar-refractivity contribution in [3.05, 3.63) is 12.2 Å². The highest BCUT2D eigenvalue weighted by Gasteiger charge is 2.54. The summed E-state index contributed by atoms with van der Waals surface area (Å²) in [7, 11) is 0. The zero-order valence-electron chi connectivity index (χ0n) is 12.1. The fraction of sp³-hybridized carbons (Fsp3) is 0.867. The van der Waals surface area contributed by atoms with Gasteiger partial charge in [0.05, 0.1) is 12.2 Å². The maximum Gasteiger partial charge on any atom is 0.119 e. The van der Waals surface area contributed by atoms with Crippen LogP contribution in [0.1, 0.15) is 46.5 Å². The molecular formula is C15H26O4. The lowest BCUT2D eigenvalue weighted by Crippen LogP contribution is -2.48. The minimum atomic E-state index is -1.05. The lowest BCUT2D eigenvalue weighted by Gasteiger charge is -2.47. The minimum absolute atomic E-state index is 0.0551. The van der Waals surface area contributed by atoms with E-state index < -0.39 is 11.2 Å². The predicted molar refractivity (Wildman–Crippen MR) is 72.5 cm³/mol. The fourth-order valence-electron chi connectivity index (χ4n) is 4.04.